The molecule has 2 atom stereocenters. The fourth-order valence-electron chi connectivity index (χ4n) is 2.18. The van der Waals surface area contributed by atoms with Crippen LogP contribution in [0.15, 0.2) is 12.4 Å². The monoisotopic (exact) mass is 209 g/mol. The van der Waals surface area contributed by atoms with Crippen LogP contribution in [0.5, 0.6) is 0 Å². The van der Waals surface area contributed by atoms with E-state index in [9.17, 15) is 4.79 Å². The quantitative estimate of drug-likeness (QED) is 0.779. The summed E-state index contributed by atoms with van der Waals surface area (Å²) in [6, 6.07) is -0.439. The molecule has 0 bridgehead atoms. The van der Waals surface area contributed by atoms with E-state index in [1.165, 1.54) is 0 Å². The topological polar surface area (TPSA) is 58.4 Å². The van der Waals surface area contributed by atoms with E-state index in [4.69, 9.17) is 5.11 Å². The number of hydrogen-bond donors (Lipinski definition) is 1. The second kappa shape index (κ2) is 3.56. The molecule has 2 heterocycles. The number of hydrogen-bond acceptors (Lipinski definition) is 3. The average molecular weight is 209 g/mol. The molecule has 1 saturated heterocycles. The maximum atomic E-state index is 11.2. The largest absolute Gasteiger partial charge is 0.480 e. The van der Waals surface area contributed by atoms with Crippen molar-refractivity contribution < 1.29 is 9.90 Å². The van der Waals surface area contributed by atoms with Crippen molar-refractivity contribution in [1.29, 1.82) is 0 Å². The zero-order valence-electron chi connectivity index (χ0n) is 8.92. The Kier molecular flexibility index (Phi) is 2.38. The number of carbonyl (C=O) groups is 1. The standard InChI is InChI=1S/C10H15N3O2/c1-7-3-5-13(8(7)9(14)15)10-11-4-6-12(10)2/h4,6-8H,3,5H2,1-2H3,(H,14,15). The van der Waals surface area contributed by atoms with Crippen LogP contribution in [0.25, 0.3) is 0 Å². The van der Waals surface area contributed by atoms with Crippen LogP contribution >= 0.6 is 0 Å². The molecule has 1 aromatic heterocycles. The summed E-state index contributed by atoms with van der Waals surface area (Å²) >= 11 is 0. The third-order valence-electron chi connectivity index (χ3n) is 3.01. The second-order valence-corrected chi connectivity index (χ2v) is 4.08. The van der Waals surface area contributed by atoms with Crippen LogP contribution in [0.3, 0.4) is 0 Å². The Labute approximate surface area is 88.3 Å². The first-order valence-electron chi connectivity index (χ1n) is 5.08. The molecule has 82 valence electrons. The second-order valence-electron chi connectivity index (χ2n) is 4.08. The van der Waals surface area contributed by atoms with Crippen LogP contribution in [0.4, 0.5) is 5.95 Å². The first kappa shape index (κ1) is 10.0. The normalized spacial score (nSPS) is 25.9. The van der Waals surface area contributed by atoms with E-state index in [2.05, 4.69) is 4.98 Å². The first-order valence-corrected chi connectivity index (χ1v) is 5.08. The van der Waals surface area contributed by atoms with Gasteiger partial charge in [-0.15, -0.1) is 0 Å². The van der Waals surface area contributed by atoms with Crippen molar-refractivity contribution in [3.63, 3.8) is 0 Å². The summed E-state index contributed by atoms with van der Waals surface area (Å²) in [5.41, 5.74) is 0. The highest BCUT2D eigenvalue weighted by Gasteiger charge is 2.38. The smallest absolute Gasteiger partial charge is 0.326 e. The highest BCUT2D eigenvalue weighted by Crippen LogP contribution is 2.28. The predicted molar refractivity (Wildman–Crippen MR) is 55.8 cm³/mol. The van der Waals surface area contributed by atoms with Crippen molar-refractivity contribution in [3.8, 4) is 0 Å². The highest BCUT2D eigenvalue weighted by molar-refractivity contribution is 5.78. The predicted octanol–water partition coefficient (Wildman–Crippen LogP) is 0.720. The van der Waals surface area contributed by atoms with Gasteiger partial charge < -0.3 is 14.6 Å². The van der Waals surface area contributed by atoms with Crippen LogP contribution in [-0.2, 0) is 11.8 Å². The SMILES string of the molecule is CC1CCN(c2nccn2C)C1C(=O)O. The van der Waals surface area contributed by atoms with Gasteiger partial charge in [0.2, 0.25) is 5.95 Å². The number of anilines is 1. The van der Waals surface area contributed by atoms with Gasteiger partial charge >= 0.3 is 5.97 Å². The summed E-state index contributed by atoms with van der Waals surface area (Å²) in [6.07, 6.45) is 4.43. The molecule has 15 heavy (non-hydrogen) atoms. The van der Waals surface area contributed by atoms with E-state index in [0.29, 0.717) is 0 Å². The number of carboxylic acid groups (broad SMARTS) is 1. The molecule has 0 spiro atoms. The molecule has 0 amide bonds. The van der Waals surface area contributed by atoms with Gasteiger partial charge in [-0.3, -0.25) is 0 Å². The van der Waals surface area contributed by atoms with Gasteiger partial charge in [-0.05, 0) is 12.3 Å². The average Bonchev–Trinajstić information content (AvgIpc) is 2.71. The third kappa shape index (κ3) is 1.58. The van der Waals surface area contributed by atoms with Crippen molar-refractivity contribution in [3.05, 3.63) is 12.4 Å². The number of aromatic nitrogens is 2. The van der Waals surface area contributed by atoms with E-state index in [1.54, 1.807) is 6.20 Å². The van der Waals surface area contributed by atoms with Crippen LogP contribution in [0.2, 0.25) is 0 Å². The van der Waals surface area contributed by atoms with E-state index in [0.717, 1.165) is 18.9 Å². The lowest BCUT2D eigenvalue weighted by Crippen LogP contribution is -2.40. The van der Waals surface area contributed by atoms with E-state index in [-0.39, 0.29) is 5.92 Å². The van der Waals surface area contributed by atoms with Gasteiger partial charge in [0.15, 0.2) is 0 Å². The molecular weight excluding hydrogens is 194 g/mol. The molecule has 2 unspecified atom stereocenters. The molecule has 0 radical (unpaired) electrons. The molecule has 1 aliphatic rings. The van der Waals surface area contributed by atoms with Crippen LogP contribution < -0.4 is 4.90 Å². The zero-order chi connectivity index (χ0) is 11.0. The molecule has 1 N–H and O–H groups in total. The zero-order valence-corrected chi connectivity index (χ0v) is 8.92. The molecule has 1 aromatic rings. The summed E-state index contributed by atoms with van der Waals surface area (Å²) in [5.74, 6) is 0.161. The Morgan fingerprint density at radius 3 is 2.93 bits per heavy atom. The molecule has 0 saturated carbocycles. The Balaban J connectivity index is 2.30. The maximum Gasteiger partial charge on any atom is 0.326 e. The molecular formula is C10H15N3O2. The minimum Gasteiger partial charge on any atom is -0.480 e. The lowest BCUT2D eigenvalue weighted by molar-refractivity contribution is -0.139. The molecule has 1 aliphatic heterocycles. The van der Waals surface area contributed by atoms with Gasteiger partial charge in [-0.1, -0.05) is 6.92 Å². The Bertz CT molecular complexity index is 374. The van der Waals surface area contributed by atoms with E-state index in [1.807, 2.05) is 29.6 Å². The fraction of sp³-hybridized carbons (Fsp3) is 0.600. The molecule has 5 heteroatoms. The number of aliphatic carboxylic acids is 1. The summed E-state index contributed by atoms with van der Waals surface area (Å²) in [5, 5.41) is 9.17. The molecule has 5 nitrogen and oxygen atoms in total. The third-order valence-corrected chi connectivity index (χ3v) is 3.01. The summed E-state index contributed by atoms with van der Waals surface area (Å²) < 4.78 is 1.86. The number of carboxylic acids is 1. The van der Waals surface area contributed by atoms with Gasteiger partial charge in [0.05, 0.1) is 0 Å². The van der Waals surface area contributed by atoms with E-state index >= 15 is 0 Å². The summed E-state index contributed by atoms with van der Waals surface area (Å²) in [6.45, 7) is 2.74. The Morgan fingerprint density at radius 1 is 1.67 bits per heavy atom. The molecule has 1 fully saturated rings. The minimum absolute atomic E-state index is 0.180. The number of nitrogens with zero attached hydrogens (tertiary/aromatic N) is 3. The minimum atomic E-state index is -0.761. The Morgan fingerprint density at radius 2 is 2.40 bits per heavy atom. The lowest BCUT2D eigenvalue weighted by atomic mass is 10.0. The van der Waals surface area contributed by atoms with Crippen LogP contribution in [-0.4, -0.2) is 33.2 Å². The summed E-state index contributed by atoms with van der Waals surface area (Å²) in [7, 11) is 1.88. The van der Waals surface area contributed by atoms with Crippen molar-refractivity contribution in [2.24, 2.45) is 13.0 Å². The van der Waals surface area contributed by atoms with E-state index < -0.39 is 12.0 Å². The molecule has 2 rings (SSSR count). The van der Waals surface area contributed by atoms with Crippen molar-refractivity contribution in [2.45, 2.75) is 19.4 Å². The van der Waals surface area contributed by atoms with Gasteiger partial charge in [0.1, 0.15) is 6.04 Å². The number of aryl methyl sites for hydroxylation is 1. The van der Waals surface area contributed by atoms with Gasteiger partial charge in [-0.2, -0.15) is 0 Å². The van der Waals surface area contributed by atoms with Crippen molar-refractivity contribution in [1.82, 2.24) is 9.55 Å². The first-order chi connectivity index (χ1) is 7.11. The number of imidazole rings is 1. The van der Waals surface area contributed by atoms with Gasteiger partial charge in [-0.25, -0.2) is 9.78 Å². The van der Waals surface area contributed by atoms with Crippen molar-refractivity contribution in [2.75, 3.05) is 11.4 Å². The van der Waals surface area contributed by atoms with Gasteiger partial charge in [0.25, 0.3) is 0 Å². The number of rotatable bonds is 2. The molecule has 0 aliphatic carbocycles. The van der Waals surface area contributed by atoms with Crippen LogP contribution in [0, 0.1) is 5.92 Å². The highest BCUT2D eigenvalue weighted by atomic mass is 16.4. The van der Waals surface area contributed by atoms with Crippen LogP contribution in [0.1, 0.15) is 13.3 Å². The maximum absolute atomic E-state index is 11.2. The Hall–Kier alpha value is -1.52. The summed E-state index contributed by atoms with van der Waals surface area (Å²) in [4.78, 5) is 17.2. The van der Waals surface area contributed by atoms with Crippen molar-refractivity contribution >= 4 is 11.9 Å². The fourth-order valence-corrected chi connectivity index (χ4v) is 2.18. The molecule has 0 aromatic carbocycles. The lowest BCUT2D eigenvalue weighted by Gasteiger charge is -2.24. The van der Waals surface area contributed by atoms with Gasteiger partial charge in [0, 0.05) is 26.0 Å².